The minimum Gasteiger partial charge on any atom is -0.476 e. The Bertz CT molecular complexity index is 744. The summed E-state index contributed by atoms with van der Waals surface area (Å²) in [4.78, 5) is 20.2. The molecular formula is C15H10Cl2N2O2. The van der Waals surface area contributed by atoms with Crippen LogP contribution in [0, 0.1) is 0 Å². The molecule has 106 valence electrons. The molecule has 0 aliphatic carbocycles. The fraction of sp³-hybridized carbons (Fsp3) is 0.133. The van der Waals surface area contributed by atoms with Crippen LogP contribution in [0.5, 0.6) is 0 Å². The first-order valence-electron chi connectivity index (χ1n) is 6.25. The summed E-state index contributed by atoms with van der Waals surface area (Å²) in [5.41, 5.74) is 1.98. The number of nitrogens with zero attached hydrogens (tertiary/aromatic N) is 2. The predicted octanol–water partition coefficient (Wildman–Crippen LogP) is 4.22. The molecule has 2 aromatic rings. The molecule has 0 bridgehead atoms. The molecule has 0 N–H and O–H groups in total. The van der Waals surface area contributed by atoms with Crippen molar-refractivity contribution in [2.75, 3.05) is 0 Å². The monoisotopic (exact) mass is 320 g/mol. The maximum Gasteiger partial charge on any atom is 0.196 e. The second-order valence-electron chi connectivity index (χ2n) is 4.54. The molecule has 0 radical (unpaired) electrons. The zero-order chi connectivity index (χ0) is 14.8. The molecule has 4 nitrogen and oxygen atoms in total. The number of carbonyl (C=O) groups is 1. The molecule has 0 saturated heterocycles. The Labute approximate surface area is 131 Å². The molecule has 1 aromatic heterocycles. The number of hydrogen-bond donors (Lipinski definition) is 0. The molecule has 0 fully saturated rings. The molecule has 0 spiro atoms. The Morgan fingerprint density at radius 2 is 2.05 bits per heavy atom. The van der Waals surface area contributed by atoms with Gasteiger partial charge in [0.2, 0.25) is 0 Å². The van der Waals surface area contributed by atoms with Crippen molar-refractivity contribution in [2.45, 2.75) is 13.0 Å². The summed E-state index contributed by atoms with van der Waals surface area (Å²) < 4.78 is 5.60. The Morgan fingerprint density at radius 3 is 2.86 bits per heavy atom. The lowest BCUT2D eigenvalue weighted by Crippen LogP contribution is -2.16. The lowest BCUT2D eigenvalue weighted by molar-refractivity contribution is 0.0989. The van der Waals surface area contributed by atoms with Crippen LogP contribution in [0.25, 0.3) is 0 Å². The second-order valence-corrected chi connectivity index (χ2v) is 5.35. The smallest absolute Gasteiger partial charge is 0.196 e. The van der Waals surface area contributed by atoms with E-state index in [-0.39, 0.29) is 18.8 Å². The van der Waals surface area contributed by atoms with E-state index >= 15 is 0 Å². The van der Waals surface area contributed by atoms with E-state index in [1.807, 2.05) is 6.07 Å². The van der Waals surface area contributed by atoms with Crippen LogP contribution >= 0.6 is 23.2 Å². The molecule has 1 aromatic carbocycles. The number of benzene rings is 1. The number of aliphatic imine (C=N–C) groups is 1. The lowest BCUT2D eigenvalue weighted by Gasteiger charge is -2.15. The van der Waals surface area contributed by atoms with Crippen molar-refractivity contribution >= 4 is 40.6 Å². The lowest BCUT2D eigenvalue weighted by atomic mass is 10.1. The predicted molar refractivity (Wildman–Crippen MR) is 81.5 cm³/mol. The van der Waals surface area contributed by atoms with E-state index in [9.17, 15) is 4.79 Å². The van der Waals surface area contributed by atoms with Gasteiger partial charge in [-0.3, -0.25) is 9.78 Å². The zero-order valence-corrected chi connectivity index (χ0v) is 12.4. The number of hydrogen-bond acceptors (Lipinski definition) is 4. The van der Waals surface area contributed by atoms with Crippen LogP contribution in [0.1, 0.15) is 22.3 Å². The zero-order valence-electron chi connectivity index (χ0n) is 10.8. The first-order chi connectivity index (χ1) is 10.1. The second kappa shape index (κ2) is 5.84. The average Bonchev–Trinajstić information content (AvgIpc) is 2.49. The summed E-state index contributed by atoms with van der Waals surface area (Å²) in [6, 6.07) is 6.94. The normalized spacial score (nSPS) is 13.6. The van der Waals surface area contributed by atoms with E-state index in [4.69, 9.17) is 27.9 Å². The fourth-order valence-electron chi connectivity index (χ4n) is 1.99. The van der Waals surface area contributed by atoms with Gasteiger partial charge in [-0.05, 0) is 23.8 Å². The Kier molecular flexibility index (Phi) is 3.90. The summed E-state index contributed by atoms with van der Waals surface area (Å²) in [5, 5.41) is 0.961. The van der Waals surface area contributed by atoms with Crippen LogP contribution < -0.4 is 0 Å². The van der Waals surface area contributed by atoms with Gasteiger partial charge in [-0.15, -0.1) is 0 Å². The number of fused-ring (bicyclic) bond motifs is 1. The molecule has 21 heavy (non-hydrogen) atoms. The highest BCUT2D eigenvalue weighted by atomic mass is 35.5. The van der Waals surface area contributed by atoms with Gasteiger partial charge in [-0.1, -0.05) is 29.3 Å². The highest BCUT2D eigenvalue weighted by Gasteiger charge is 2.21. The SMILES string of the molecule is O=C1CC(OCc2ccc(Cl)c(Cl)c2)=Nc2ccncc21. The molecule has 0 unspecified atom stereocenters. The van der Waals surface area contributed by atoms with E-state index in [1.54, 1.807) is 24.4 Å². The van der Waals surface area contributed by atoms with Gasteiger partial charge in [0.05, 0.1) is 27.7 Å². The number of ketones is 1. The summed E-state index contributed by atoms with van der Waals surface area (Å²) >= 11 is 11.8. The van der Waals surface area contributed by atoms with Crippen molar-refractivity contribution in [3.63, 3.8) is 0 Å². The van der Waals surface area contributed by atoms with Crippen LogP contribution in [-0.4, -0.2) is 16.7 Å². The molecule has 6 heteroatoms. The van der Waals surface area contributed by atoms with Gasteiger partial charge in [0.15, 0.2) is 11.7 Å². The number of ether oxygens (including phenoxy) is 1. The minimum atomic E-state index is -0.0442. The maximum absolute atomic E-state index is 12.0. The van der Waals surface area contributed by atoms with E-state index in [2.05, 4.69) is 9.98 Å². The molecular weight excluding hydrogens is 311 g/mol. The van der Waals surface area contributed by atoms with Gasteiger partial charge in [-0.25, -0.2) is 4.99 Å². The summed E-state index contributed by atoms with van der Waals surface area (Å²) in [7, 11) is 0. The van der Waals surface area contributed by atoms with Gasteiger partial charge in [0, 0.05) is 12.4 Å². The Balaban J connectivity index is 1.76. The average molecular weight is 321 g/mol. The first-order valence-corrected chi connectivity index (χ1v) is 7.00. The largest absolute Gasteiger partial charge is 0.476 e. The number of carbonyl (C=O) groups excluding carboxylic acids is 1. The van der Waals surface area contributed by atoms with Crippen LogP contribution in [0.4, 0.5) is 5.69 Å². The van der Waals surface area contributed by atoms with Crippen LogP contribution in [0.2, 0.25) is 10.0 Å². The fourth-order valence-corrected chi connectivity index (χ4v) is 2.31. The molecule has 3 rings (SSSR count). The first kappa shape index (κ1) is 14.0. The van der Waals surface area contributed by atoms with Crippen molar-refractivity contribution in [2.24, 2.45) is 4.99 Å². The molecule has 0 saturated carbocycles. The standard InChI is InChI=1S/C15H10Cl2N2O2/c16-11-2-1-9(5-12(11)17)8-21-15-6-14(20)10-7-18-4-3-13(10)19-15/h1-5,7H,6,8H2. The summed E-state index contributed by atoms with van der Waals surface area (Å²) in [6.07, 6.45) is 3.26. The third kappa shape index (κ3) is 3.06. The molecule has 0 amide bonds. The van der Waals surface area contributed by atoms with E-state index in [0.717, 1.165) is 5.56 Å². The van der Waals surface area contributed by atoms with Gasteiger partial charge >= 0.3 is 0 Å². The van der Waals surface area contributed by atoms with Crippen LogP contribution in [0.15, 0.2) is 41.7 Å². The van der Waals surface area contributed by atoms with Crippen LogP contribution in [-0.2, 0) is 11.3 Å². The molecule has 1 aliphatic heterocycles. The van der Waals surface area contributed by atoms with Gasteiger partial charge in [0.25, 0.3) is 0 Å². The van der Waals surface area contributed by atoms with Gasteiger partial charge < -0.3 is 4.74 Å². The summed E-state index contributed by atoms with van der Waals surface area (Å²) in [6.45, 7) is 0.281. The highest BCUT2D eigenvalue weighted by Crippen LogP contribution is 2.26. The molecule has 0 atom stereocenters. The van der Waals surface area contributed by atoms with Crippen molar-refractivity contribution < 1.29 is 9.53 Å². The summed E-state index contributed by atoms with van der Waals surface area (Å²) in [5.74, 6) is 0.349. The van der Waals surface area contributed by atoms with Crippen LogP contribution in [0.3, 0.4) is 0 Å². The maximum atomic E-state index is 12.0. The quantitative estimate of drug-likeness (QED) is 0.832. The Morgan fingerprint density at radius 1 is 1.19 bits per heavy atom. The van der Waals surface area contributed by atoms with E-state index in [1.165, 1.54) is 6.20 Å². The Hall–Kier alpha value is -1.91. The van der Waals surface area contributed by atoms with Crippen molar-refractivity contribution in [1.29, 1.82) is 0 Å². The van der Waals surface area contributed by atoms with Crippen molar-refractivity contribution in [3.8, 4) is 0 Å². The molecule has 2 heterocycles. The molecule has 1 aliphatic rings. The number of aromatic nitrogens is 1. The van der Waals surface area contributed by atoms with Gasteiger partial charge in [-0.2, -0.15) is 0 Å². The number of pyridine rings is 1. The van der Waals surface area contributed by atoms with Crippen molar-refractivity contribution in [3.05, 3.63) is 57.8 Å². The van der Waals surface area contributed by atoms with Gasteiger partial charge in [0.1, 0.15) is 6.61 Å². The third-order valence-electron chi connectivity index (χ3n) is 3.04. The van der Waals surface area contributed by atoms with E-state index in [0.29, 0.717) is 27.2 Å². The minimum absolute atomic E-state index is 0.0442. The van der Waals surface area contributed by atoms with Crippen molar-refractivity contribution in [1.82, 2.24) is 4.98 Å². The highest BCUT2D eigenvalue weighted by molar-refractivity contribution is 6.42. The topological polar surface area (TPSA) is 51.5 Å². The third-order valence-corrected chi connectivity index (χ3v) is 3.78. The number of halogens is 2. The number of Topliss-reactive ketones (excluding diaryl/α,β-unsaturated/α-hetero) is 1. The van der Waals surface area contributed by atoms with E-state index < -0.39 is 0 Å². The number of rotatable bonds is 2.